The Morgan fingerprint density at radius 1 is 1.14 bits per heavy atom. The van der Waals surface area contributed by atoms with Crippen LogP contribution in [0.25, 0.3) is 0 Å². The highest BCUT2D eigenvalue weighted by atomic mass is 79.9. The normalized spacial score (nSPS) is 15.0. The van der Waals surface area contributed by atoms with Crippen molar-refractivity contribution >= 4 is 43.9 Å². The Balaban J connectivity index is 1.98. The fourth-order valence-corrected chi connectivity index (χ4v) is 3.36. The molecule has 0 unspecified atom stereocenters. The zero-order chi connectivity index (χ0) is 15.4. The Hall–Kier alpha value is -1.08. The lowest BCUT2D eigenvalue weighted by Gasteiger charge is -2.34. The summed E-state index contributed by atoms with van der Waals surface area (Å²) in [4.78, 5) is 27.5. The van der Waals surface area contributed by atoms with E-state index < -0.39 is 0 Å². The first-order valence-electron chi connectivity index (χ1n) is 6.69. The summed E-state index contributed by atoms with van der Waals surface area (Å²) in [6, 6.07) is 5.48. The van der Waals surface area contributed by atoms with Crippen LogP contribution in [0.3, 0.4) is 0 Å². The standard InChI is InChI=1S/C14H16Br2N2O3/c1-2-21-14(20)18-7-5-17(6-8-18)13(19)11-4-3-10(15)9-12(11)16/h3-4,9H,2,5-8H2,1H3. The average molecular weight is 420 g/mol. The largest absolute Gasteiger partial charge is 0.450 e. The van der Waals surface area contributed by atoms with E-state index in [1.54, 1.807) is 22.8 Å². The third kappa shape index (κ3) is 3.97. The van der Waals surface area contributed by atoms with Gasteiger partial charge in [0.05, 0.1) is 12.2 Å². The summed E-state index contributed by atoms with van der Waals surface area (Å²) >= 11 is 6.77. The molecule has 0 radical (unpaired) electrons. The topological polar surface area (TPSA) is 49.9 Å². The minimum Gasteiger partial charge on any atom is -0.450 e. The summed E-state index contributed by atoms with van der Waals surface area (Å²) in [5, 5.41) is 0. The van der Waals surface area contributed by atoms with Gasteiger partial charge in [-0.25, -0.2) is 4.79 Å². The Bertz CT molecular complexity index is 543. The van der Waals surface area contributed by atoms with E-state index >= 15 is 0 Å². The first kappa shape index (κ1) is 16.3. The summed E-state index contributed by atoms with van der Waals surface area (Å²) in [5.41, 5.74) is 0.628. The van der Waals surface area contributed by atoms with Crippen molar-refractivity contribution in [1.82, 2.24) is 9.80 Å². The number of benzene rings is 1. The van der Waals surface area contributed by atoms with E-state index in [1.807, 2.05) is 12.1 Å². The molecule has 1 saturated heterocycles. The number of piperazine rings is 1. The maximum Gasteiger partial charge on any atom is 0.409 e. The van der Waals surface area contributed by atoms with Crippen LogP contribution in [0.4, 0.5) is 4.79 Å². The molecule has 0 aliphatic carbocycles. The molecule has 21 heavy (non-hydrogen) atoms. The van der Waals surface area contributed by atoms with Crippen LogP contribution in [-0.2, 0) is 4.74 Å². The lowest BCUT2D eigenvalue weighted by atomic mass is 10.2. The molecular formula is C14H16Br2N2O3. The maximum atomic E-state index is 12.5. The quantitative estimate of drug-likeness (QED) is 0.739. The van der Waals surface area contributed by atoms with Crippen LogP contribution in [0.1, 0.15) is 17.3 Å². The Morgan fingerprint density at radius 3 is 2.33 bits per heavy atom. The zero-order valence-electron chi connectivity index (χ0n) is 11.6. The predicted octanol–water partition coefficient (Wildman–Crippen LogP) is 3.13. The number of halogens is 2. The van der Waals surface area contributed by atoms with E-state index in [4.69, 9.17) is 4.74 Å². The van der Waals surface area contributed by atoms with Crippen LogP contribution in [0.15, 0.2) is 27.1 Å². The van der Waals surface area contributed by atoms with Crippen molar-refractivity contribution < 1.29 is 14.3 Å². The van der Waals surface area contributed by atoms with Crippen LogP contribution in [0.2, 0.25) is 0 Å². The molecule has 0 N–H and O–H groups in total. The first-order chi connectivity index (χ1) is 10.0. The van der Waals surface area contributed by atoms with Crippen LogP contribution < -0.4 is 0 Å². The smallest absolute Gasteiger partial charge is 0.409 e. The molecule has 0 bridgehead atoms. The summed E-state index contributed by atoms with van der Waals surface area (Å²) in [6.45, 7) is 4.17. The van der Waals surface area contributed by atoms with Gasteiger partial charge in [-0.05, 0) is 41.1 Å². The van der Waals surface area contributed by atoms with Crippen LogP contribution in [0, 0.1) is 0 Å². The number of hydrogen-bond donors (Lipinski definition) is 0. The molecule has 1 heterocycles. The lowest BCUT2D eigenvalue weighted by Crippen LogP contribution is -2.50. The van der Waals surface area contributed by atoms with Gasteiger partial charge in [0, 0.05) is 35.1 Å². The number of carbonyl (C=O) groups excluding carboxylic acids is 2. The Labute approximate surface area is 140 Å². The number of ether oxygens (including phenoxy) is 1. The molecule has 0 atom stereocenters. The first-order valence-corrected chi connectivity index (χ1v) is 8.27. The fraction of sp³-hybridized carbons (Fsp3) is 0.429. The number of hydrogen-bond acceptors (Lipinski definition) is 3. The minimum atomic E-state index is -0.311. The van der Waals surface area contributed by atoms with Crippen molar-refractivity contribution in [3.63, 3.8) is 0 Å². The Kier molecular flexibility index (Phi) is 5.64. The number of nitrogens with zero attached hydrogens (tertiary/aromatic N) is 2. The highest BCUT2D eigenvalue weighted by molar-refractivity contribution is 9.11. The summed E-state index contributed by atoms with van der Waals surface area (Å²) < 4.78 is 6.64. The maximum absolute atomic E-state index is 12.5. The van der Waals surface area contributed by atoms with E-state index in [2.05, 4.69) is 31.9 Å². The van der Waals surface area contributed by atoms with Crippen molar-refractivity contribution in [1.29, 1.82) is 0 Å². The third-order valence-corrected chi connectivity index (χ3v) is 4.40. The van der Waals surface area contributed by atoms with Gasteiger partial charge in [0.1, 0.15) is 0 Å². The highest BCUT2D eigenvalue weighted by Crippen LogP contribution is 2.23. The van der Waals surface area contributed by atoms with E-state index in [0.717, 1.165) is 8.95 Å². The van der Waals surface area contributed by atoms with Gasteiger partial charge in [-0.2, -0.15) is 0 Å². The molecule has 0 saturated carbocycles. The minimum absolute atomic E-state index is 0.0297. The molecule has 114 valence electrons. The molecule has 1 aromatic rings. The number of rotatable bonds is 2. The molecule has 5 nitrogen and oxygen atoms in total. The van der Waals surface area contributed by atoms with Gasteiger partial charge >= 0.3 is 6.09 Å². The van der Waals surface area contributed by atoms with Gasteiger partial charge < -0.3 is 14.5 Å². The van der Waals surface area contributed by atoms with E-state index in [9.17, 15) is 9.59 Å². The summed E-state index contributed by atoms with van der Waals surface area (Å²) in [5.74, 6) is -0.0297. The number of amides is 2. The van der Waals surface area contributed by atoms with Crippen molar-refractivity contribution in [2.24, 2.45) is 0 Å². The monoisotopic (exact) mass is 418 g/mol. The second-order valence-corrected chi connectivity index (χ2v) is 6.37. The summed E-state index contributed by atoms with van der Waals surface area (Å²) in [7, 11) is 0. The molecule has 7 heteroatoms. The van der Waals surface area contributed by atoms with Gasteiger partial charge in [-0.3, -0.25) is 4.79 Å². The Morgan fingerprint density at radius 2 is 1.76 bits per heavy atom. The molecule has 1 aliphatic heterocycles. The molecule has 1 aromatic carbocycles. The lowest BCUT2D eigenvalue weighted by molar-refractivity contribution is 0.0569. The van der Waals surface area contributed by atoms with Gasteiger partial charge in [-0.15, -0.1) is 0 Å². The average Bonchev–Trinajstić information content (AvgIpc) is 2.47. The zero-order valence-corrected chi connectivity index (χ0v) is 14.8. The molecule has 1 aliphatic rings. The molecule has 2 amide bonds. The van der Waals surface area contributed by atoms with Crippen LogP contribution in [-0.4, -0.2) is 54.6 Å². The van der Waals surface area contributed by atoms with Gasteiger partial charge in [0.25, 0.3) is 5.91 Å². The SMILES string of the molecule is CCOC(=O)N1CCN(C(=O)c2ccc(Br)cc2Br)CC1. The van der Waals surface area contributed by atoms with Crippen LogP contribution >= 0.6 is 31.9 Å². The number of carbonyl (C=O) groups is 2. The molecule has 0 aromatic heterocycles. The highest BCUT2D eigenvalue weighted by Gasteiger charge is 2.26. The van der Waals surface area contributed by atoms with Crippen molar-refractivity contribution in [2.45, 2.75) is 6.92 Å². The molecule has 1 fully saturated rings. The molecule has 2 rings (SSSR count). The van der Waals surface area contributed by atoms with E-state index in [0.29, 0.717) is 38.3 Å². The second kappa shape index (κ2) is 7.26. The van der Waals surface area contributed by atoms with Gasteiger partial charge in [0.2, 0.25) is 0 Å². The second-order valence-electron chi connectivity index (χ2n) is 4.60. The third-order valence-electron chi connectivity index (χ3n) is 3.25. The van der Waals surface area contributed by atoms with E-state index in [1.165, 1.54) is 0 Å². The fourth-order valence-electron chi connectivity index (χ4n) is 2.14. The van der Waals surface area contributed by atoms with Crippen molar-refractivity contribution in [3.05, 3.63) is 32.7 Å². The van der Waals surface area contributed by atoms with Gasteiger partial charge in [-0.1, -0.05) is 15.9 Å². The molecular weight excluding hydrogens is 404 g/mol. The van der Waals surface area contributed by atoms with Crippen molar-refractivity contribution in [2.75, 3.05) is 32.8 Å². The summed E-state index contributed by atoms with van der Waals surface area (Å²) in [6.07, 6.45) is -0.311. The van der Waals surface area contributed by atoms with Crippen molar-refractivity contribution in [3.8, 4) is 0 Å². The van der Waals surface area contributed by atoms with Crippen LogP contribution in [0.5, 0.6) is 0 Å². The van der Waals surface area contributed by atoms with Gasteiger partial charge in [0.15, 0.2) is 0 Å². The predicted molar refractivity (Wildman–Crippen MR) is 86.3 cm³/mol. The van der Waals surface area contributed by atoms with E-state index in [-0.39, 0.29) is 12.0 Å². The molecule has 0 spiro atoms.